The summed E-state index contributed by atoms with van der Waals surface area (Å²) in [7, 11) is 0. The summed E-state index contributed by atoms with van der Waals surface area (Å²) in [5, 5.41) is 0. The van der Waals surface area contributed by atoms with E-state index in [2.05, 4.69) is 13.8 Å². The molecule has 0 aliphatic rings. The van der Waals surface area contributed by atoms with Crippen molar-refractivity contribution >= 4 is 23.1 Å². The predicted octanol–water partition coefficient (Wildman–Crippen LogP) is 5.14. The van der Waals surface area contributed by atoms with Crippen LogP contribution in [0.4, 0.5) is 0 Å². The average Bonchev–Trinajstić information content (AvgIpc) is 2.79. The van der Waals surface area contributed by atoms with Crippen LogP contribution in [0.2, 0.25) is 0 Å². The van der Waals surface area contributed by atoms with E-state index in [9.17, 15) is 19.2 Å². The molecule has 188 valence electrons. The Morgan fingerprint density at radius 3 is 1.20 bits per heavy atom. The van der Waals surface area contributed by atoms with E-state index in [-0.39, 0.29) is 54.6 Å². The third-order valence-corrected chi connectivity index (χ3v) is 6.27. The predicted molar refractivity (Wildman–Crippen MR) is 135 cm³/mol. The summed E-state index contributed by atoms with van der Waals surface area (Å²) in [6, 6.07) is 15.5. The summed E-state index contributed by atoms with van der Waals surface area (Å²) in [4.78, 5) is 46.2. The quantitative estimate of drug-likeness (QED) is 0.372. The Kier molecular flexibility index (Phi) is 9.93. The molecule has 0 bridgehead atoms. The zero-order chi connectivity index (χ0) is 26.2. The molecule has 0 amide bonds. The van der Waals surface area contributed by atoms with Gasteiger partial charge in [-0.25, -0.2) is 0 Å². The molecule has 0 radical (unpaired) electrons. The smallest absolute Gasteiger partial charge is 0.136 e. The van der Waals surface area contributed by atoms with Crippen LogP contribution in [0.25, 0.3) is 0 Å². The Morgan fingerprint density at radius 1 is 0.629 bits per heavy atom. The van der Waals surface area contributed by atoms with Crippen LogP contribution < -0.4 is 9.47 Å². The van der Waals surface area contributed by atoms with Crippen molar-refractivity contribution in [1.82, 2.24) is 0 Å². The summed E-state index contributed by atoms with van der Waals surface area (Å²) in [5.41, 5.74) is 1.89. The van der Waals surface area contributed by atoms with Crippen molar-refractivity contribution in [2.45, 2.75) is 59.8 Å². The largest absolute Gasteiger partial charge is 0.493 e. The molecule has 0 fully saturated rings. The Labute approximate surface area is 208 Å². The first-order chi connectivity index (χ1) is 16.4. The Bertz CT molecular complexity index is 950. The summed E-state index contributed by atoms with van der Waals surface area (Å²) in [5.74, 6) is 0.258. The van der Waals surface area contributed by atoms with Gasteiger partial charge < -0.3 is 19.1 Å². The minimum absolute atomic E-state index is 0.0305. The highest BCUT2D eigenvalue weighted by Crippen LogP contribution is 2.33. The van der Waals surface area contributed by atoms with E-state index in [0.29, 0.717) is 11.5 Å². The Balaban J connectivity index is 2.03. The SMILES string of the molecule is CC(=O)CC(COc1ccc(C(C)(C)c2ccc(OCC(CC(C)=O)C(C)=O)cc2)cc1)C(C)=O. The standard InChI is InChI=1S/C29H36O6/c1-19(30)15-23(21(3)32)17-34-27-11-7-25(8-12-27)29(5,6)26-9-13-28(14-10-26)35-18-24(22(4)33)16-20(2)31/h7-14,23-24H,15-18H2,1-6H3. The first kappa shape index (κ1) is 28.0. The topological polar surface area (TPSA) is 86.7 Å². The van der Waals surface area contributed by atoms with Gasteiger partial charge in [0.05, 0.1) is 25.0 Å². The van der Waals surface area contributed by atoms with Crippen molar-refractivity contribution in [3.05, 3.63) is 59.7 Å². The van der Waals surface area contributed by atoms with Crippen molar-refractivity contribution in [2.75, 3.05) is 13.2 Å². The second-order valence-corrected chi connectivity index (χ2v) is 9.72. The van der Waals surface area contributed by atoms with Crippen LogP contribution in [0.3, 0.4) is 0 Å². The molecule has 0 saturated carbocycles. The van der Waals surface area contributed by atoms with E-state index in [1.165, 1.54) is 27.7 Å². The number of carbonyl (C=O) groups is 4. The van der Waals surface area contributed by atoms with E-state index in [4.69, 9.17) is 9.47 Å². The van der Waals surface area contributed by atoms with Gasteiger partial charge in [-0.3, -0.25) is 9.59 Å². The van der Waals surface area contributed by atoms with Crippen molar-refractivity contribution in [3.8, 4) is 11.5 Å². The lowest BCUT2D eigenvalue weighted by Gasteiger charge is -2.26. The second-order valence-electron chi connectivity index (χ2n) is 9.72. The van der Waals surface area contributed by atoms with E-state index in [1.54, 1.807) is 0 Å². The summed E-state index contributed by atoms with van der Waals surface area (Å²) in [6.45, 7) is 10.5. The van der Waals surface area contributed by atoms with Gasteiger partial charge in [0, 0.05) is 18.3 Å². The maximum Gasteiger partial charge on any atom is 0.136 e. The minimum Gasteiger partial charge on any atom is -0.493 e. The van der Waals surface area contributed by atoms with Gasteiger partial charge in [0.1, 0.15) is 34.6 Å². The third-order valence-electron chi connectivity index (χ3n) is 6.27. The van der Waals surface area contributed by atoms with Crippen LogP contribution in [0.5, 0.6) is 11.5 Å². The van der Waals surface area contributed by atoms with E-state index in [0.717, 1.165) is 11.1 Å². The van der Waals surface area contributed by atoms with Gasteiger partial charge in [-0.2, -0.15) is 0 Å². The molecule has 0 aromatic heterocycles. The lowest BCUT2D eigenvalue weighted by atomic mass is 9.78. The van der Waals surface area contributed by atoms with Crippen LogP contribution in [-0.2, 0) is 24.6 Å². The van der Waals surface area contributed by atoms with Crippen LogP contribution in [-0.4, -0.2) is 36.3 Å². The van der Waals surface area contributed by atoms with E-state index >= 15 is 0 Å². The van der Waals surface area contributed by atoms with Crippen LogP contribution in [0, 0.1) is 11.8 Å². The molecule has 0 aliphatic heterocycles. The summed E-state index contributed by atoms with van der Waals surface area (Å²) in [6.07, 6.45) is 0.374. The van der Waals surface area contributed by atoms with Gasteiger partial charge >= 0.3 is 0 Å². The fourth-order valence-electron chi connectivity index (χ4n) is 3.83. The molecule has 6 nitrogen and oxygen atoms in total. The number of ketones is 4. The molecule has 0 saturated heterocycles. The van der Waals surface area contributed by atoms with Gasteiger partial charge in [-0.05, 0) is 63.1 Å². The molecule has 2 rings (SSSR count). The molecular formula is C29H36O6. The molecule has 2 aromatic rings. The van der Waals surface area contributed by atoms with Crippen molar-refractivity contribution in [3.63, 3.8) is 0 Å². The molecule has 0 heterocycles. The van der Waals surface area contributed by atoms with E-state index in [1.807, 2.05) is 48.5 Å². The number of hydrogen-bond acceptors (Lipinski definition) is 6. The van der Waals surface area contributed by atoms with Crippen molar-refractivity contribution in [1.29, 1.82) is 0 Å². The molecular weight excluding hydrogens is 444 g/mol. The fourth-order valence-corrected chi connectivity index (χ4v) is 3.83. The lowest BCUT2D eigenvalue weighted by Crippen LogP contribution is -2.22. The average molecular weight is 481 g/mol. The number of benzene rings is 2. The van der Waals surface area contributed by atoms with Crippen LogP contribution >= 0.6 is 0 Å². The molecule has 0 aliphatic carbocycles. The zero-order valence-corrected chi connectivity index (χ0v) is 21.6. The normalized spacial score (nSPS) is 13.0. The molecule has 2 aromatic carbocycles. The number of rotatable bonds is 14. The van der Waals surface area contributed by atoms with E-state index < -0.39 is 11.8 Å². The highest BCUT2D eigenvalue weighted by Gasteiger charge is 2.24. The number of ether oxygens (including phenoxy) is 2. The highest BCUT2D eigenvalue weighted by molar-refractivity contribution is 5.86. The highest BCUT2D eigenvalue weighted by atomic mass is 16.5. The second kappa shape index (κ2) is 12.4. The Hall–Kier alpha value is -3.28. The molecule has 35 heavy (non-hydrogen) atoms. The maximum absolute atomic E-state index is 11.7. The maximum atomic E-state index is 11.7. The molecule has 2 unspecified atom stereocenters. The number of carbonyl (C=O) groups excluding carboxylic acids is 4. The van der Waals surface area contributed by atoms with Gasteiger partial charge in [-0.15, -0.1) is 0 Å². The first-order valence-corrected chi connectivity index (χ1v) is 11.9. The molecule has 6 heteroatoms. The van der Waals surface area contributed by atoms with Crippen molar-refractivity contribution < 1.29 is 28.7 Å². The first-order valence-electron chi connectivity index (χ1n) is 11.9. The van der Waals surface area contributed by atoms with Gasteiger partial charge in [0.25, 0.3) is 0 Å². The molecule has 0 N–H and O–H groups in total. The summed E-state index contributed by atoms with van der Waals surface area (Å²) >= 11 is 0. The molecule has 0 spiro atoms. The van der Waals surface area contributed by atoms with Gasteiger partial charge in [-0.1, -0.05) is 38.1 Å². The number of Topliss-reactive ketones (excluding diaryl/α,β-unsaturated/α-hetero) is 4. The number of hydrogen-bond donors (Lipinski definition) is 0. The van der Waals surface area contributed by atoms with Crippen LogP contribution in [0.15, 0.2) is 48.5 Å². The third kappa shape index (κ3) is 8.46. The molecule has 2 atom stereocenters. The monoisotopic (exact) mass is 480 g/mol. The van der Waals surface area contributed by atoms with Gasteiger partial charge in [0.15, 0.2) is 0 Å². The van der Waals surface area contributed by atoms with Crippen LogP contribution in [0.1, 0.15) is 65.5 Å². The zero-order valence-electron chi connectivity index (χ0n) is 21.6. The fraction of sp³-hybridized carbons (Fsp3) is 0.448. The van der Waals surface area contributed by atoms with Gasteiger partial charge in [0.2, 0.25) is 0 Å². The summed E-state index contributed by atoms with van der Waals surface area (Å²) < 4.78 is 11.5. The lowest BCUT2D eigenvalue weighted by molar-refractivity contribution is -0.126. The van der Waals surface area contributed by atoms with Crippen molar-refractivity contribution in [2.24, 2.45) is 11.8 Å². The minimum atomic E-state index is -0.433. The Morgan fingerprint density at radius 2 is 0.943 bits per heavy atom.